The number of nitrogens with one attached hydrogen (secondary N) is 2. The number of carbonyl (C=O) groups excluding carboxylic acids is 2. The zero-order valence-corrected chi connectivity index (χ0v) is 20.8. The Balaban J connectivity index is 1.52. The highest BCUT2D eigenvalue weighted by Gasteiger charge is 2.22. The van der Waals surface area contributed by atoms with Crippen molar-refractivity contribution in [3.8, 4) is 11.5 Å². The number of hydrogen-bond donors (Lipinski definition) is 2. The molecule has 0 aliphatic carbocycles. The second-order valence-corrected chi connectivity index (χ2v) is 9.02. The summed E-state index contributed by atoms with van der Waals surface area (Å²) in [6.07, 6.45) is 0. The maximum absolute atomic E-state index is 13.4. The van der Waals surface area contributed by atoms with Crippen LogP contribution in [0.15, 0.2) is 108 Å². The van der Waals surface area contributed by atoms with Crippen molar-refractivity contribution in [3.63, 3.8) is 0 Å². The predicted molar refractivity (Wildman–Crippen MR) is 144 cm³/mol. The molecule has 0 fully saturated rings. The van der Waals surface area contributed by atoms with Gasteiger partial charge in [-0.15, -0.1) is 11.8 Å². The van der Waals surface area contributed by atoms with Crippen LogP contribution in [0.2, 0.25) is 0 Å². The van der Waals surface area contributed by atoms with E-state index < -0.39 is 5.25 Å². The molecule has 0 saturated carbocycles. The van der Waals surface area contributed by atoms with Gasteiger partial charge in [0.05, 0.1) is 14.2 Å². The zero-order valence-electron chi connectivity index (χ0n) is 19.9. The van der Waals surface area contributed by atoms with Crippen molar-refractivity contribution in [1.82, 2.24) is 0 Å². The highest BCUT2D eigenvalue weighted by Crippen LogP contribution is 2.37. The lowest BCUT2D eigenvalue weighted by atomic mass is 10.1. The number of amides is 2. The molecule has 2 amide bonds. The average molecular weight is 499 g/mol. The molecule has 0 saturated heterocycles. The van der Waals surface area contributed by atoms with Crippen LogP contribution in [0, 0.1) is 0 Å². The van der Waals surface area contributed by atoms with E-state index >= 15 is 0 Å². The van der Waals surface area contributed by atoms with Crippen molar-refractivity contribution in [1.29, 1.82) is 0 Å². The molecule has 0 aromatic heterocycles. The highest BCUT2D eigenvalue weighted by atomic mass is 32.2. The van der Waals surface area contributed by atoms with Crippen LogP contribution in [0.4, 0.5) is 11.4 Å². The number of hydrogen-bond acceptors (Lipinski definition) is 5. The Kier molecular flexibility index (Phi) is 8.26. The number of benzene rings is 4. The van der Waals surface area contributed by atoms with Crippen LogP contribution < -0.4 is 20.1 Å². The molecule has 2 N–H and O–H groups in total. The minimum atomic E-state index is -0.509. The van der Waals surface area contributed by atoms with Crippen LogP contribution in [-0.4, -0.2) is 26.0 Å². The predicted octanol–water partition coefficient (Wildman–Crippen LogP) is 6.43. The monoisotopic (exact) mass is 498 g/mol. The Morgan fingerprint density at radius 2 is 1.36 bits per heavy atom. The standard InChI is InChI=1S/C29H26N2O4S/c1-34-24-16-14-21(15-17-24)28(32)30-23-11-7-13-26(19-23)36-27(20-8-4-3-5-9-20)29(33)31-22-10-6-12-25(18-22)35-2/h3-19,27H,1-2H3,(H,30,32)(H,31,33). The maximum Gasteiger partial charge on any atom is 0.255 e. The first-order valence-corrected chi connectivity index (χ1v) is 12.2. The van der Waals surface area contributed by atoms with E-state index in [1.54, 1.807) is 44.6 Å². The largest absolute Gasteiger partial charge is 0.497 e. The molecule has 1 unspecified atom stereocenters. The van der Waals surface area contributed by atoms with Crippen LogP contribution in [0.25, 0.3) is 0 Å². The van der Waals surface area contributed by atoms with Crippen molar-refractivity contribution in [2.24, 2.45) is 0 Å². The smallest absolute Gasteiger partial charge is 0.255 e. The van der Waals surface area contributed by atoms with Gasteiger partial charge in [0.1, 0.15) is 16.7 Å². The molecule has 1 atom stereocenters. The van der Waals surface area contributed by atoms with Gasteiger partial charge >= 0.3 is 0 Å². The molecule has 0 heterocycles. The second kappa shape index (κ2) is 12.0. The summed E-state index contributed by atoms with van der Waals surface area (Å²) in [5.41, 5.74) is 2.69. The molecule has 6 nitrogen and oxygen atoms in total. The summed E-state index contributed by atoms with van der Waals surface area (Å²) < 4.78 is 10.4. The van der Waals surface area contributed by atoms with E-state index in [-0.39, 0.29) is 11.8 Å². The SMILES string of the molecule is COc1ccc(C(=O)Nc2cccc(SC(C(=O)Nc3cccc(OC)c3)c3ccccc3)c2)cc1. The zero-order chi connectivity index (χ0) is 25.3. The molecule has 4 aromatic rings. The van der Waals surface area contributed by atoms with Gasteiger partial charge in [-0.3, -0.25) is 9.59 Å². The number of methoxy groups -OCH3 is 2. The van der Waals surface area contributed by atoms with Gasteiger partial charge in [-0.05, 0) is 60.2 Å². The average Bonchev–Trinajstić information content (AvgIpc) is 2.92. The molecular formula is C29H26N2O4S. The Hall–Kier alpha value is -4.23. The summed E-state index contributed by atoms with van der Waals surface area (Å²) in [6, 6.07) is 31.2. The minimum Gasteiger partial charge on any atom is -0.497 e. The Morgan fingerprint density at radius 1 is 0.694 bits per heavy atom. The lowest BCUT2D eigenvalue weighted by Crippen LogP contribution is -2.19. The van der Waals surface area contributed by atoms with E-state index in [0.29, 0.717) is 28.4 Å². The first-order chi connectivity index (χ1) is 17.6. The van der Waals surface area contributed by atoms with Crippen molar-refractivity contribution in [3.05, 3.63) is 114 Å². The molecule has 36 heavy (non-hydrogen) atoms. The maximum atomic E-state index is 13.4. The van der Waals surface area contributed by atoms with Crippen LogP contribution in [0.3, 0.4) is 0 Å². The quantitative estimate of drug-likeness (QED) is 0.260. The van der Waals surface area contributed by atoms with E-state index in [9.17, 15) is 9.59 Å². The molecule has 0 aliphatic heterocycles. The van der Waals surface area contributed by atoms with Gasteiger partial charge in [0.2, 0.25) is 5.91 Å². The Labute approximate surface area is 214 Å². The number of thioether (sulfide) groups is 1. The molecule has 0 radical (unpaired) electrons. The lowest BCUT2D eigenvalue weighted by molar-refractivity contribution is -0.115. The number of rotatable bonds is 9. The highest BCUT2D eigenvalue weighted by molar-refractivity contribution is 8.00. The first-order valence-electron chi connectivity index (χ1n) is 11.3. The van der Waals surface area contributed by atoms with Crippen LogP contribution in [-0.2, 0) is 4.79 Å². The van der Waals surface area contributed by atoms with Crippen LogP contribution in [0.5, 0.6) is 11.5 Å². The molecule has 0 bridgehead atoms. The van der Waals surface area contributed by atoms with Crippen molar-refractivity contribution in [2.75, 3.05) is 24.9 Å². The van der Waals surface area contributed by atoms with Crippen molar-refractivity contribution < 1.29 is 19.1 Å². The summed E-state index contributed by atoms with van der Waals surface area (Å²) >= 11 is 1.41. The van der Waals surface area contributed by atoms with Gasteiger partial charge in [-0.25, -0.2) is 0 Å². The Morgan fingerprint density at radius 3 is 2.06 bits per heavy atom. The number of anilines is 2. The third kappa shape index (κ3) is 6.46. The van der Waals surface area contributed by atoms with Crippen molar-refractivity contribution in [2.45, 2.75) is 10.1 Å². The molecule has 0 spiro atoms. The van der Waals surface area contributed by atoms with E-state index in [0.717, 1.165) is 10.5 Å². The summed E-state index contributed by atoms with van der Waals surface area (Å²) in [7, 11) is 3.17. The lowest BCUT2D eigenvalue weighted by Gasteiger charge is -2.18. The summed E-state index contributed by atoms with van der Waals surface area (Å²) in [5.74, 6) is 0.962. The summed E-state index contributed by atoms with van der Waals surface area (Å²) in [4.78, 5) is 26.9. The van der Waals surface area contributed by atoms with E-state index in [1.807, 2.05) is 72.8 Å². The van der Waals surface area contributed by atoms with Gasteiger partial charge in [-0.2, -0.15) is 0 Å². The van der Waals surface area contributed by atoms with Gasteiger partial charge in [0, 0.05) is 27.9 Å². The van der Waals surface area contributed by atoms with Crippen molar-refractivity contribution >= 4 is 35.0 Å². The molecule has 0 aliphatic rings. The van der Waals surface area contributed by atoms with E-state index in [2.05, 4.69) is 10.6 Å². The molecular weight excluding hydrogens is 472 g/mol. The van der Waals surface area contributed by atoms with E-state index in [1.165, 1.54) is 11.8 Å². The van der Waals surface area contributed by atoms with Gasteiger partial charge in [0.15, 0.2) is 0 Å². The summed E-state index contributed by atoms with van der Waals surface area (Å²) in [5, 5.41) is 5.41. The number of ether oxygens (including phenoxy) is 2. The number of carbonyl (C=O) groups is 2. The van der Waals surface area contributed by atoms with Gasteiger partial charge in [-0.1, -0.05) is 42.5 Å². The fraction of sp³-hybridized carbons (Fsp3) is 0.103. The molecule has 4 aromatic carbocycles. The minimum absolute atomic E-state index is 0.160. The van der Waals surface area contributed by atoms with E-state index in [4.69, 9.17) is 9.47 Å². The third-order valence-electron chi connectivity index (χ3n) is 5.38. The summed E-state index contributed by atoms with van der Waals surface area (Å²) in [6.45, 7) is 0. The van der Waals surface area contributed by atoms with Gasteiger partial charge < -0.3 is 20.1 Å². The van der Waals surface area contributed by atoms with Crippen LogP contribution in [0.1, 0.15) is 21.2 Å². The second-order valence-electron chi connectivity index (χ2n) is 7.84. The van der Waals surface area contributed by atoms with Gasteiger partial charge in [0.25, 0.3) is 5.91 Å². The fourth-order valence-corrected chi connectivity index (χ4v) is 4.62. The molecule has 7 heteroatoms. The van der Waals surface area contributed by atoms with Crippen LogP contribution >= 0.6 is 11.8 Å². The molecule has 182 valence electrons. The fourth-order valence-electron chi connectivity index (χ4n) is 3.54. The Bertz CT molecular complexity index is 1330. The first kappa shape index (κ1) is 24.9. The topological polar surface area (TPSA) is 76.7 Å². The molecule has 4 rings (SSSR count). The third-order valence-corrected chi connectivity index (χ3v) is 6.62. The normalized spacial score (nSPS) is 11.3.